The lowest BCUT2D eigenvalue weighted by atomic mass is 9.82. The molecule has 0 heterocycles. The van der Waals surface area contributed by atoms with E-state index in [1.165, 1.54) is 0 Å². The van der Waals surface area contributed by atoms with Gasteiger partial charge < -0.3 is 5.11 Å². The Bertz CT molecular complexity index is 391. The van der Waals surface area contributed by atoms with Gasteiger partial charge in [0.2, 0.25) is 5.24 Å². The highest BCUT2D eigenvalue weighted by Crippen LogP contribution is 2.29. The molecular formula is C13H17ClO2. The Morgan fingerprint density at radius 1 is 1.38 bits per heavy atom. The number of carbonyl (C=O) groups is 1. The minimum atomic E-state index is -0.326. The first kappa shape index (κ1) is 13.0. The number of aryl methyl sites for hydroxylation is 1. The van der Waals surface area contributed by atoms with Crippen molar-refractivity contribution in [1.82, 2.24) is 0 Å². The summed E-state index contributed by atoms with van der Waals surface area (Å²) in [6.07, 6.45) is 0.949. The fourth-order valence-electron chi connectivity index (χ4n) is 1.71. The van der Waals surface area contributed by atoms with Gasteiger partial charge in [-0.15, -0.1) is 0 Å². The number of phenols is 1. The van der Waals surface area contributed by atoms with E-state index in [-0.39, 0.29) is 16.4 Å². The number of aromatic hydroxyl groups is 1. The van der Waals surface area contributed by atoms with Gasteiger partial charge in [-0.2, -0.15) is 0 Å². The zero-order valence-corrected chi connectivity index (χ0v) is 10.6. The highest BCUT2D eigenvalue weighted by atomic mass is 35.5. The van der Waals surface area contributed by atoms with Gasteiger partial charge in [-0.1, -0.05) is 26.8 Å². The number of phenolic OH excluding ortho intramolecular Hbond substituents is 1. The number of carbonyl (C=O) groups excluding carboxylic acids is 1. The number of benzene rings is 1. The van der Waals surface area contributed by atoms with Crippen LogP contribution in [0.2, 0.25) is 0 Å². The molecule has 0 radical (unpaired) electrons. The molecule has 1 rings (SSSR count). The summed E-state index contributed by atoms with van der Waals surface area (Å²) in [6.45, 7) is 6.23. The van der Waals surface area contributed by atoms with Crippen molar-refractivity contribution in [2.24, 2.45) is 0 Å². The standard InChI is InChI=1S/C13H17ClO2/c1-13(2,3)11-8-10(15)6-4-9(11)5-7-12(14)16/h4,6,8,15H,5,7H2,1-3H3. The maximum absolute atomic E-state index is 10.8. The molecule has 2 nitrogen and oxygen atoms in total. The first-order valence-corrected chi connectivity index (χ1v) is 5.69. The second-order valence-corrected chi connectivity index (χ2v) is 5.37. The summed E-state index contributed by atoms with van der Waals surface area (Å²) in [5.41, 5.74) is 2.08. The largest absolute Gasteiger partial charge is 0.508 e. The molecule has 0 unspecified atom stereocenters. The molecule has 0 spiro atoms. The number of hydrogen-bond donors (Lipinski definition) is 1. The Hall–Kier alpha value is -1.02. The van der Waals surface area contributed by atoms with Crippen molar-refractivity contribution in [3.05, 3.63) is 29.3 Å². The monoisotopic (exact) mass is 240 g/mol. The van der Waals surface area contributed by atoms with Crippen LogP contribution < -0.4 is 0 Å². The molecule has 0 atom stereocenters. The number of rotatable bonds is 3. The molecule has 0 aliphatic carbocycles. The van der Waals surface area contributed by atoms with Gasteiger partial charge in [-0.25, -0.2) is 0 Å². The van der Waals surface area contributed by atoms with Gasteiger partial charge in [0.05, 0.1) is 0 Å². The lowest BCUT2D eigenvalue weighted by Crippen LogP contribution is -2.14. The normalized spacial score (nSPS) is 11.5. The molecule has 0 saturated carbocycles. The summed E-state index contributed by atoms with van der Waals surface area (Å²) >= 11 is 5.34. The third-order valence-corrected chi connectivity index (χ3v) is 2.68. The van der Waals surface area contributed by atoms with Gasteiger partial charge in [-0.05, 0) is 46.7 Å². The summed E-state index contributed by atoms with van der Waals surface area (Å²) in [5.74, 6) is 0.255. The zero-order chi connectivity index (χ0) is 12.3. The maximum Gasteiger partial charge on any atom is 0.221 e. The molecule has 0 aromatic heterocycles. The van der Waals surface area contributed by atoms with E-state index in [9.17, 15) is 9.90 Å². The van der Waals surface area contributed by atoms with Crippen molar-refractivity contribution in [1.29, 1.82) is 0 Å². The van der Waals surface area contributed by atoms with Crippen LogP contribution in [0.1, 0.15) is 38.3 Å². The van der Waals surface area contributed by atoms with Crippen LogP contribution in [0.25, 0.3) is 0 Å². The van der Waals surface area contributed by atoms with Gasteiger partial charge in [0.25, 0.3) is 0 Å². The van der Waals surface area contributed by atoms with Gasteiger partial charge in [-0.3, -0.25) is 4.79 Å². The molecule has 0 saturated heterocycles. The van der Waals surface area contributed by atoms with Crippen LogP contribution in [0.4, 0.5) is 0 Å². The lowest BCUT2D eigenvalue weighted by Gasteiger charge is -2.23. The predicted molar refractivity (Wildman–Crippen MR) is 66.0 cm³/mol. The molecule has 88 valence electrons. The van der Waals surface area contributed by atoms with Crippen LogP contribution in [0, 0.1) is 0 Å². The highest BCUT2D eigenvalue weighted by molar-refractivity contribution is 6.63. The first-order valence-electron chi connectivity index (χ1n) is 5.31. The Balaban J connectivity index is 3.03. The third kappa shape index (κ3) is 3.53. The highest BCUT2D eigenvalue weighted by Gasteiger charge is 2.18. The van der Waals surface area contributed by atoms with E-state index in [0.717, 1.165) is 11.1 Å². The van der Waals surface area contributed by atoms with E-state index < -0.39 is 0 Å². The van der Waals surface area contributed by atoms with E-state index in [4.69, 9.17) is 11.6 Å². The maximum atomic E-state index is 10.8. The molecule has 0 aliphatic rings. The van der Waals surface area contributed by atoms with Crippen LogP contribution in [0.3, 0.4) is 0 Å². The summed E-state index contributed by atoms with van der Waals surface area (Å²) in [6, 6.07) is 5.26. The van der Waals surface area contributed by atoms with Crippen molar-refractivity contribution >= 4 is 16.8 Å². The smallest absolute Gasteiger partial charge is 0.221 e. The molecule has 1 aromatic rings. The Morgan fingerprint density at radius 3 is 2.50 bits per heavy atom. The van der Waals surface area contributed by atoms with Crippen LogP contribution in [-0.2, 0) is 16.6 Å². The summed E-state index contributed by atoms with van der Waals surface area (Å²) in [5, 5.41) is 9.16. The molecule has 1 N–H and O–H groups in total. The summed E-state index contributed by atoms with van der Waals surface area (Å²) in [4.78, 5) is 10.8. The van der Waals surface area contributed by atoms with Gasteiger partial charge in [0, 0.05) is 6.42 Å². The first-order chi connectivity index (χ1) is 7.30. The lowest BCUT2D eigenvalue weighted by molar-refractivity contribution is -0.111. The topological polar surface area (TPSA) is 37.3 Å². The fourth-order valence-corrected chi connectivity index (χ4v) is 1.81. The zero-order valence-electron chi connectivity index (χ0n) is 9.88. The predicted octanol–water partition coefficient (Wildman–Crippen LogP) is 3.39. The van der Waals surface area contributed by atoms with Gasteiger partial charge >= 0.3 is 0 Å². The molecular weight excluding hydrogens is 224 g/mol. The third-order valence-electron chi connectivity index (χ3n) is 2.49. The minimum absolute atomic E-state index is 0.0521. The summed E-state index contributed by atoms with van der Waals surface area (Å²) < 4.78 is 0. The minimum Gasteiger partial charge on any atom is -0.508 e. The van der Waals surface area contributed by atoms with Gasteiger partial charge in [0.1, 0.15) is 5.75 Å². The van der Waals surface area contributed by atoms with Crippen molar-refractivity contribution in [2.45, 2.75) is 39.0 Å². The molecule has 3 heteroatoms. The molecule has 0 bridgehead atoms. The average Bonchev–Trinajstić information content (AvgIpc) is 2.14. The van der Waals surface area contributed by atoms with Crippen LogP contribution >= 0.6 is 11.6 Å². The molecule has 16 heavy (non-hydrogen) atoms. The Labute approximate surface area is 101 Å². The fraction of sp³-hybridized carbons (Fsp3) is 0.462. The van der Waals surface area contributed by atoms with Crippen LogP contribution in [0.15, 0.2) is 18.2 Å². The quantitative estimate of drug-likeness (QED) is 0.823. The molecule has 0 fully saturated rings. The second kappa shape index (κ2) is 4.88. The van der Waals surface area contributed by atoms with E-state index in [0.29, 0.717) is 12.8 Å². The Morgan fingerprint density at radius 2 is 2.00 bits per heavy atom. The SMILES string of the molecule is CC(C)(C)c1cc(O)ccc1CCC(=O)Cl. The summed E-state index contributed by atoms with van der Waals surface area (Å²) in [7, 11) is 0. The molecule has 1 aromatic carbocycles. The van der Waals surface area contributed by atoms with Crippen molar-refractivity contribution in [3.63, 3.8) is 0 Å². The van der Waals surface area contributed by atoms with Crippen molar-refractivity contribution in [3.8, 4) is 5.75 Å². The van der Waals surface area contributed by atoms with Gasteiger partial charge in [0.15, 0.2) is 0 Å². The number of hydrogen-bond acceptors (Lipinski definition) is 2. The van der Waals surface area contributed by atoms with Crippen molar-refractivity contribution in [2.75, 3.05) is 0 Å². The van der Waals surface area contributed by atoms with Crippen LogP contribution in [0.5, 0.6) is 5.75 Å². The molecule has 0 aliphatic heterocycles. The number of halogens is 1. The second-order valence-electron chi connectivity index (χ2n) is 4.95. The van der Waals surface area contributed by atoms with E-state index >= 15 is 0 Å². The van der Waals surface area contributed by atoms with Crippen molar-refractivity contribution < 1.29 is 9.90 Å². The van der Waals surface area contributed by atoms with Crippen LogP contribution in [-0.4, -0.2) is 10.3 Å². The van der Waals surface area contributed by atoms with E-state index in [1.54, 1.807) is 12.1 Å². The average molecular weight is 241 g/mol. The van der Waals surface area contributed by atoms with E-state index in [1.807, 2.05) is 6.07 Å². The molecule has 0 amide bonds. The Kier molecular flexibility index (Phi) is 3.98. The van der Waals surface area contributed by atoms with E-state index in [2.05, 4.69) is 20.8 Å².